The summed E-state index contributed by atoms with van der Waals surface area (Å²) in [5.41, 5.74) is 4.17. The molecule has 2 aromatic rings. The van der Waals surface area contributed by atoms with Crippen molar-refractivity contribution in [3.63, 3.8) is 0 Å². The van der Waals surface area contributed by atoms with Crippen molar-refractivity contribution in [3.8, 4) is 0 Å². The molecule has 0 bridgehead atoms. The number of nitrogens with zero attached hydrogens (tertiary/aromatic N) is 1. The third kappa shape index (κ3) is 4.05. The Morgan fingerprint density at radius 1 is 1.05 bits per heavy atom. The van der Waals surface area contributed by atoms with E-state index in [2.05, 4.69) is 10.3 Å². The van der Waals surface area contributed by atoms with Crippen LogP contribution in [-0.2, 0) is 4.79 Å². The Bertz CT molecular complexity index is 622. The van der Waals surface area contributed by atoms with Gasteiger partial charge in [0.2, 0.25) is 5.91 Å². The van der Waals surface area contributed by atoms with Crippen LogP contribution in [-0.4, -0.2) is 10.9 Å². The molecular formula is C17H18N2O. The van der Waals surface area contributed by atoms with Crippen LogP contribution >= 0.6 is 0 Å². The zero-order chi connectivity index (χ0) is 14.5. The molecule has 102 valence electrons. The van der Waals surface area contributed by atoms with Crippen LogP contribution in [0.25, 0.3) is 6.08 Å². The summed E-state index contributed by atoms with van der Waals surface area (Å²) in [5.74, 6) is 0.407. The molecule has 0 atom stereocenters. The topological polar surface area (TPSA) is 42.0 Å². The predicted octanol–water partition coefficient (Wildman–Crippen LogP) is 3.66. The molecule has 3 heteroatoms. The van der Waals surface area contributed by atoms with Gasteiger partial charge in [0.25, 0.3) is 0 Å². The molecular weight excluding hydrogens is 248 g/mol. The van der Waals surface area contributed by atoms with Crippen molar-refractivity contribution in [1.82, 2.24) is 4.98 Å². The summed E-state index contributed by atoms with van der Waals surface area (Å²) in [6.07, 6.45) is 3.31. The lowest BCUT2D eigenvalue weighted by atomic mass is 10.1. The average molecular weight is 266 g/mol. The lowest BCUT2D eigenvalue weighted by molar-refractivity contribution is -0.111. The first-order valence-electron chi connectivity index (χ1n) is 6.54. The summed E-state index contributed by atoms with van der Waals surface area (Å²) >= 11 is 0. The van der Waals surface area contributed by atoms with Crippen molar-refractivity contribution < 1.29 is 4.79 Å². The summed E-state index contributed by atoms with van der Waals surface area (Å²) in [7, 11) is 0. The molecule has 0 radical (unpaired) electrons. The highest BCUT2D eigenvalue weighted by Gasteiger charge is 2.01. The summed E-state index contributed by atoms with van der Waals surface area (Å²) in [6.45, 7) is 5.92. The van der Waals surface area contributed by atoms with Gasteiger partial charge in [-0.15, -0.1) is 0 Å². The molecule has 0 fully saturated rings. The van der Waals surface area contributed by atoms with Crippen LogP contribution in [0.4, 0.5) is 5.82 Å². The van der Waals surface area contributed by atoms with E-state index in [1.165, 1.54) is 11.6 Å². The molecule has 1 amide bonds. The van der Waals surface area contributed by atoms with Crippen LogP contribution in [0, 0.1) is 20.8 Å². The van der Waals surface area contributed by atoms with E-state index < -0.39 is 0 Å². The maximum atomic E-state index is 11.8. The fourth-order valence-electron chi connectivity index (χ4n) is 1.92. The van der Waals surface area contributed by atoms with Crippen molar-refractivity contribution in [3.05, 3.63) is 64.9 Å². The number of amides is 1. The largest absolute Gasteiger partial charge is 0.307 e. The summed E-state index contributed by atoms with van der Waals surface area (Å²) in [6, 6.07) is 11.8. The number of hydrogen-bond donors (Lipinski definition) is 1. The number of carbonyl (C=O) groups is 1. The number of nitrogens with one attached hydrogen (secondary N) is 1. The minimum Gasteiger partial charge on any atom is -0.307 e. The SMILES string of the molecule is Cc1ccc(/C=C/C(=O)Nc2cc(C)cc(C)n2)cc1. The highest BCUT2D eigenvalue weighted by atomic mass is 16.1. The minimum atomic E-state index is -0.178. The van der Waals surface area contributed by atoms with Gasteiger partial charge >= 0.3 is 0 Å². The molecule has 1 aromatic heterocycles. The van der Waals surface area contributed by atoms with E-state index in [0.29, 0.717) is 5.82 Å². The number of benzene rings is 1. The molecule has 0 aliphatic heterocycles. The van der Waals surface area contributed by atoms with Gasteiger partial charge in [-0.3, -0.25) is 4.79 Å². The third-order valence-corrected chi connectivity index (χ3v) is 2.85. The van der Waals surface area contributed by atoms with Crippen LogP contribution in [0.15, 0.2) is 42.5 Å². The number of aromatic nitrogens is 1. The molecule has 20 heavy (non-hydrogen) atoms. The molecule has 0 aliphatic rings. The molecule has 0 saturated heterocycles. The Kier molecular flexibility index (Phi) is 4.31. The Labute approximate surface area is 119 Å². The fraction of sp³-hybridized carbons (Fsp3) is 0.176. The van der Waals surface area contributed by atoms with E-state index >= 15 is 0 Å². The number of pyridine rings is 1. The maximum absolute atomic E-state index is 11.8. The Morgan fingerprint density at radius 3 is 2.40 bits per heavy atom. The Morgan fingerprint density at radius 2 is 1.75 bits per heavy atom. The van der Waals surface area contributed by atoms with E-state index in [4.69, 9.17) is 0 Å². The van der Waals surface area contributed by atoms with Crippen molar-refractivity contribution in [1.29, 1.82) is 0 Å². The van der Waals surface area contributed by atoms with Gasteiger partial charge in [-0.2, -0.15) is 0 Å². The predicted molar refractivity (Wildman–Crippen MR) is 82.6 cm³/mol. The van der Waals surface area contributed by atoms with Crippen LogP contribution in [0.2, 0.25) is 0 Å². The number of hydrogen-bond acceptors (Lipinski definition) is 2. The monoisotopic (exact) mass is 266 g/mol. The molecule has 1 aromatic carbocycles. The van der Waals surface area contributed by atoms with Gasteiger partial charge < -0.3 is 5.32 Å². The van der Waals surface area contributed by atoms with Gasteiger partial charge in [0.05, 0.1) is 0 Å². The van der Waals surface area contributed by atoms with Crippen LogP contribution in [0.5, 0.6) is 0 Å². The summed E-state index contributed by atoms with van der Waals surface area (Å²) < 4.78 is 0. The molecule has 0 aliphatic carbocycles. The van der Waals surface area contributed by atoms with E-state index in [-0.39, 0.29) is 5.91 Å². The third-order valence-electron chi connectivity index (χ3n) is 2.85. The second-order valence-corrected chi connectivity index (χ2v) is 4.90. The van der Waals surface area contributed by atoms with E-state index in [9.17, 15) is 4.79 Å². The van der Waals surface area contributed by atoms with Crippen molar-refractivity contribution in [2.75, 3.05) is 5.32 Å². The summed E-state index contributed by atoms with van der Waals surface area (Å²) in [4.78, 5) is 16.1. The second kappa shape index (κ2) is 6.15. The van der Waals surface area contributed by atoms with Crippen LogP contribution in [0.1, 0.15) is 22.4 Å². The smallest absolute Gasteiger partial charge is 0.249 e. The van der Waals surface area contributed by atoms with Crippen molar-refractivity contribution in [2.45, 2.75) is 20.8 Å². The van der Waals surface area contributed by atoms with Gasteiger partial charge in [0.15, 0.2) is 0 Å². The molecule has 0 unspecified atom stereocenters. The normalized spacial score (nSPS) is 10.8. The zero-order valence-corrected chi connectivity index (χ0v) is 12.0. The van der Waals surface area contributed by atoms with Crippen LogP contribution < -0.4 is 5.32 Å². The number of aryl methyl sites for hydroxylation is 3. The van der Waals surface area contributed by atoms with Crippen LogP contribution in [0.3, 0.4) is 0 Å². The Balaban J connectivity index is 2.03. The first-order valence-corrected chi connectivity index (χ1v) is 6.54. The number of anilines is 1. The Hall–Kier alpha value is -2.42. The minimum absolute atomic E-state index is 0.178. The fourth-order valence-corrected chi connectivity index (χ4v) is 1.92. The highest BCUT2D eigenvalue weighted by Crippen LogP contribution is 2.09. The number of carbonyl (C=O) groups excluding carboxylic acids is 1. The van der Waals surface area contributed by atoms with Crippen molar-refractivity contribution in [2.24, 2.45) is 0 Å². The van der Waals surface area contributed by atoms with Crippen molar-refractivity contribution >= 4 is 17.8 Å². The molecule has 3 nitrogen and oxygen atoms in total. The van der Waals surface area contributed by atoms with Gasteiger partial charge in [-0.25, -0.2) is 4.98 Å². The molecule has 1 N–H and O–H groups in total. The number of rotatable bonds is 3. The molecule has 1 heterocycles. The lowest BCUT2D eigenvalue weighted by Gasteiger charge is -2.04. The first-order chi connectivity index (χ1) is 9.52. The van der Waals surface area contributed by atoms with E-state index in [1.807, 2.05) is 57.2 Å². The van der Waals surface area contributed by atoms with E-state index in [1.54, 1.807) is 6.08 Å². The highest BCUT2D eigenvalue weighted by molar-refractivity contribution is 6.01. The standard InChI is InChI=1S/C17H18N2O/c1-12-4-6-15(7-5-12)8-9-17(20)19-16-11-13(2)10-14(3)18-16/h4-11H,1-3H3,(H,18,19,20)/b9-8+. The second-order valence-electron chi connectivity index (χ2n) is 4.90. The maximum Gasteiger partial charge on any atom is 0.249 e. The van der Waals surface area contributed by atoms with Gasteiger partial charge in [0, 0.05) is 11.8 Å². The molecule has 0 spiro atoms. The molecule has 2 rings (SSSR count). The van der Waals surface area contributed by atoms with Gasteiger partial charge in [0.1, 0.15) is 5.82 Å². The molecule has 0 saturated carbocycles. The lowest BCUT2D eigenvalue weighted by Crippen LogP contribution is -2.09. The summed E-state index contributed by atoms with van der Waals surface area (Å²) in [5, 5.41) is 2.77. The zero-order valence-electron chi connectivity index (χ0n) is 12.0. The van der Waals surface area contributed by atoms with Gasteiger partial charge in [-0.05, 0) is 50.1 Å². The average Bonchev–Trinajstić information content (AvgIpc) is 2.37. The van der Waals surface area contributed by atoms with E-state index in [0.717, 1.165) is 16.8 Å². The quantitative estimate of drug-likeness (QED) is 0.861. The first kappa shape index (κ1) is 14.0. The van der Waals surface area contributed by atoms with Gasteiger partial charge in [-0.1, -0.05) is 29.8 Å².